The smallest absolute Gasteiger partial charge is 0.273 e. The van der Waals surface area contributed by atoms with Crippen molar-refractivity contribution < 1.29 is 9.90 Å². The minimum absolute atomic E-state index is 0.105. The minimum atomic E-state index is -0.352. The number of hydrogen-bond donors (Lipinski definition) is 2. The van der Waals surface area contributed by atoms with Crippen molar-refractivity contribution in [3.8, 4) is 17.0 Å². The summed E-state index contributed by atoms with van der Waals surface area (Å²) in [6.45, 7) is 2.46. The third kappa shape index (κ3) is 3.55. The van der Waals surface area contributed by atoms with Crippen molar-refractivity contribution in [2.75, 3.05) is 6.54 Å². The van der Waals surface area contributed by atoms with Crippen LogP contribution >= 0.6 is 11.6 Å². The first kappa shape index (κ1) is 20.3. The number of rotatable bonds is 5. The normalized spacial score (nSPS) is 15.2. The summed E-state index contributed by atoms with van der Waals surface area (Å²) < 4.78 is 0. The number of H-pyrrole nitrogens is 1. The second-order valence-electron chi connectivity index (χ2n) is 8.07. The van der Waals surface area contributed by atoms with E-state index in [0.717, 1.165) is 28.7 Å². The summed E-state index contributed by atoms with van der Waals surface area (Å²) in [6.07, 6.45) is 0.729. The molecule has 1 atom stereocenters. The molecule has 0 spiro atoms. The Labute approximate surface area is 191 Å². The highest BCUT2D eigenvalue weighted by Gasteiger charge is 2.42. The first-order valence-electron chi connectivity index (χ1n) is 10.5. The number of aryl methyl sites for hydroxylation is 1. The van der Waals surface area contributed by atoms with Gasteiger partial charge in [0.05, 0.1) is 6.04 Å². The monoisotopic (exact) mass is 443 g/mol. The van der Waals surface area contributed by atoms with Crippen molar-refractivity contribution in [2.45, 2.75) is 19.4 Å². The molecule has 1 aromatic heterocycles. The van der Waals surface area contributed by atoms with Crippen molar-refractivity contribution in [1.29, 1.82) is 0 Å². The molecule has 4 aromatic rings. The number of halogens is 1. The first-order valence-corrected chi connectivity index (χ1v) is 10.9. The minimum Gasteiger partial charge on any atom is -0.507 e. The van der Waals surface area contributed by atoms with Crippen LogP contribution in [0.5, 0.6) is 5.75 Å². The first-order chi connectivity index (χ1) is 15.5. The molecule has 160 valence electrons. The molecule has 2 heterocycles. The molecule has 0 saturated carbocycles. The Morgan fingerprint density at radius 1 is 1.06 bits per heavy atom. The fourth-order valence-corrected chi connectivity index (χ4v) is 4.59. The number of phenolic OH excluding ortho intramolecular Hbond substituents is 1. The van der Waals surface area contributed by atoms with E-state index >= 15 is 0 Å². The van der Waals surface area contributed by atoms with Gasteiger partial charge in [-0.15, -0.1) is 0 Å². The highest BCUT2D eigenvalue weighted by molar-refractivity contribution is 6.30. The average molecular weight is 444 g/mol. The topological polar surface area (TPSA) is 69.2 Å². The fourth-order valence-electron chi connectivity index (χ4n) is 4.39. The van der Waals surface area contributed by atoms with Crippen LogP contribution in [0.2, 0.25) is 5.02 Å². The SMILES string of the molecule is Cc1ccc(-c2n[nH]c3c2[C@H](c2cccc(Cl)c2)N(CCc2ccccc2)C3=O)c(O)c1. The summed E-state index contributed by atoms with van der Waals surface area (Å²) in [6, 6.07) is 22.8. The van der Waals surface area contributed by atoms with Crippen molar-refractivity contribution in [3.05, 3.63) is 106 Å². The number of aromatic nitrogens is 2. The number of carbonyl (C=O) groups is 1. The van der Waals surface area contributed by atoms with Gasteiger partial charge in [-0.3, -0.25) is 9.89 Å². The van der Waals surface area contributed by atoms with Crippen LogP contribution in [-0.4, -0.2) is 32.7 Å². The van der Waals surface area contributed by atoms with Crippen LogP contribution in [0.4, 0.5) is 0 Å². The van der Waals surface area contributed by atoms with E-state index in [1.54, 1.807) is 6.07 Å². The van der Waals surface area contributed by atoms with Gasteiger partial charge in [0, 0.05) is 22.7 Å². The molecule has 0 fully saturated rings. The summed E-state index contributed by atoms with van der Waals surface area (Å²) in [7, 11) is 0. The van der Waals surface area contributed by atoms with E-state index in [0.29, 0.717) is 28.5 Å². The molecule has 32 heavy (non-hydrogen) atoms. The summed E-state index contributed by atoms with van der Waals surface area (Å²) in [5, 5.41) is 18.6. The van der Waals surface area contributed by atoms with Crippen molar-refractivity contribution in [1.82, 2.24) is 15.1 Å². The van der Waals surface area contributed by atoms with Gasteiger partial charge in [0.15, 0.2) is 0 Å². The van der Waals surface area contributed by atoms with E-state index in [9.17, 15) is 9.90 Å². The molecule has 0 saturated heterocycles. The summed E-state index contributed by atoms with van der Waals surface area (Å²) in [5.41, 5.74) is 5.42. The molecular formula is C26H22ClN3O2. The van der Waals surface area contributed by atoms with E-state index in [1.807, 2.05) is 66.4 Å². The molecule has 0 aliphatic carbocycles. The third-order valence-electron chi connectivity index (χ3n) is 5.92. The molecule has 1 amide bonds. The van der Waals surface area contributed by atoms with E-state index in [2.05, 4.69) is 22.3 Å². The molecular weight excluding hydrogens is 422 g/mol. The second kappa shape index (κ2) is 8.17. The van der Waals surface area contributed by atoms with E-state index in [1.165, 1.54) is 0 Å². The van der Waals surface area contributed by atoms with Gasteiger partial charge in [-0.25, -0.2) is 0 Å². The molecule has 1 aliphatic heterocycles. The van der Waals surface area contributed by atoms with Crippen LogP contribution in [0.15, 0.2) is 72.8 Å². The number of nitrogens with zero attached hydrogens (tertiary/aromatic N) is 2. The lowest BCUT2D eigenvalue weighted by Gasteiger charge is -2.26. The Morgan fingerprint density at radius 3 is 2.62 bits per heavy atom. The highest BCUT2D eigenvalue weighted by Crippen LogP contribution is 2.44. The van der Waals surface area contributed by atoms with Gasteiger partial charge in [0.1, 0.15) is 17.1 Å². The zero-order valence-corrected chi connectivity index (χ0v) is 18.3. The maximum absolute atomic E-state index is 13.4. The Hall–Kier alpha value is -3.57. The number of carbonyl (C=O) groups excluding carboxylic acids is 1. The standard InChI is InChI=1S/C26H22ClN3O2/c1-16-10-11-20(21(31)14-16)23-22-24(29-28-23)26(32)30(13-12-17-6-3-2-4-7-17)25(22)18-8-5-9-19(27)15-18/h2-11,14-15,25,31H,12-13H2,1H3,(H,28,29)/t25-/m0/s1. The van der Waals surface area contributed by atoms with Crippen LogP contribution in [-0.2, 0) is 6.42 Å². The Morgan fingerprint density at radius 2 is 1.88 bits per heavy atom. The number of benzene rings is 3. The average Bonchev–Trinajstić information content (AvgIpc) is 3.32. The van der Waals surface area contributed by atoms with Gasteiger partial charge in [0.25, 0.3) is 5.91 Å². The maximum Gasteiger partial charge on any atom is 0.273 e. The molecule has 6 heteroatoms. The lowest BCUT2D eigenvalue weighted by molar-refractivity contribution is 0.0746. The number of nitrogens with one attached hydrogen (secondary N) is 1. The van der Waals surface area contributed by atoms with E-state index in [4.69, 9.17) is 11.6 Å². The van der Waals surface area contributed by atoms with Gasteiger partial charge < -0.3 is 10.0 Å². The molecule has 0 radical (unpaired) electrons. The van der Waals surface area contributed by atoms with Gasteiger partial charge in [-0.1, -0.05) is 60.1 Å². The molecule has 2 N–H and O–H groups in total. The number of aromatic amines is 1. The molecule has 3 aromatic carbocycles. The third-order valence-corrected chi connectivity index (χ3v) is 6.16. The van der Waals surface area contributed by atoms with Gasteiger partial charge in [0.2, 0.25) is 0 Å². The van der Waals surface area contributed by atoms with E-state index < -0.39 is 0 Å². The van der Waals surface area contributed by atoms with Gasteiger partial charge in [-0.2, -0.15) is 5.10 Å². The van der Waals surface area contributed by atoms with Crippen LogP contribution in [0, 0.1) is 6.92 Å². The molecule has 0 bridgehead atoms. The zero-order valence-electron chi connectivity index (χ0n) is 17.5. The van der Waals surface area contributed by atoms with E-state index in [-0.39, 0.29) is 17.7 Å². The van der Waals surface area contributed by atoms with Crippen LogP contribution in [0.25, 0.3) is 11.3 Å². The second-order valence-corrected chi connectivity index (χ2v) is 8.51. The van der Waals surface area contributed by atoms with Gasteiger partial charge in [-0.05, 0) is 54.3 Å². The number of aromatic hydroxyl groups is 1. The lowest BCUT2D eigenvalue weighted by atomic mass is 9.95. The van der Waals surface area contributed by atoms with Crippen LogP contribution < -0.4 is 0 Å². The number of phenols is 1. The Bertz CT molecular complexity index is 1300. The summed E-state index contributed by atoms with van der Waals surface area (Å²) >= 11 is 6.31. The number of amides is 1. The van der Waals surface area contributed by atoms with Gasteiger partial charge >= 0.3 is 0 Å². The molecule has 0 unspecified atom stereocenters. The number of fused-ring (bicyclic) bond motifs is 1. The highest BCUT2D eigenvalue weighted by atomic mass is 35.5. The van der Waals surface area contributed by atoms with Crippen LogP contribution in [0.1, 0.15) is 38.8 Å². The molecule has 5 rings (SSSR count). The fraction of sp³-hybridized carbons (Fsp3) is 0.154. The largest absolute Gasteiger partial charge is 0.507 e. The Kier molecular flexibility index (Phi) is 5.19. The maximum atomic E-state index is 13.4. The van der Waals surface area contributed by atoms with Crippen molar-refractivity contribution >= 4 is 17.5 Å². The van der Waals surface area contributed by atoms with Crippen LogP contribution in [0.3, 0.4) is 0 Å². The summed E-state index contributed by atoms with van der Waals surface area (Å²) in [4.78, 5) is 15.3. The number of hydrogen-bond acceptors (Lipinski definition) is 3. The molecule has 1 aliphatic rings. The Balaban J connectivity index is 1.61. The lowest BCUT2D eigenvalue weighted by Crippen LogP contribution is -2.31. The summed E-state index contributed by atoms with van der Waals surface area (Å²) in [5.74, 6) is 0.0330. The zero-order chi connectivity index (χ0) is 22.2. The van der Waals surface area contributed by atoms with Crippen molar-refractivity contribution in [2.24, 2.45) is 0 Å². The predicted octanol–water partition coefficient (Wildman–Crippen LogP) is 5.53. The molecule has 5 nitrogen and oxygen atoms in total. The predicted molar refractivity (Wildman–Crippen MR) is 125 cm³/mol. The van der Waals surface area contributed by atoms with Crippen molar-refractivity contribution in [3.63, 3.8) is 0 Å². The quantitative estimate of drug-likeness (QED) is 0.426.